The standard InChI is InChI=1S/C15H11N3OS/c16-15(20)18-17-13-11-7-3-1-5-9(11)10-6-2-4-8-12(10)14(13)19/h1-8,19H,(H2,16,20). The van der Waals surface area contributed by atoms with Crippen LogP contribution in [0.2, 0.25) is 0 Å². The van der Waals surface area contributed by atoms with E-state index >= 15 is 0 Å². The van der Waals surface area contributed by atoms with Gasteiger partial charge in [0.2, 0.25) is 5.11 Å². The fourth-order valence-electron chi connectivity index (χ4n) is 2.30. The average molecular weight is 281 g/mol. The summed E-state index contributed by atoms with van der Waals surface area (Å²) >= 11 is 4.69. The number of rotatable bonds is 1. The van der Waals surface area contributed by atoms with Crippen LogP contribution in [0.5, 0.6) is 5.75 Å². The Labute approximate surface area is 120 Å². The Morgan fingerprint density at radius 2 is 1.40 bits per heavy atom. The van der Waals surface area contributed by atoms with Crippen LogP contribution in [0.4, 0.5) is 5.69 Å². The summed E-state index contributed by atoms with van der Waals surface area (Å²) in [5.41, 5.74) is 5.72. The topological polar surface area (TPSA) is 71.0 Å². The number of benzene rings is 3. The molecule has 0 spiro atoms. The Morgan fingerprint density at radius 1 is 0.900 bits per heavy atom. The molecular formula is C15H11N3OS. The maximum atomic E-state index is 10.4. The summed E-state index contributed by atoms with van der Waals surface area (Å²) in [4.78, 5) is 0. The van der Waals surface area contributed by atoms with Crippen LogP contribution in [0.1, 0.15) is 0 Å². The number of azo groups is 1. The molecule has 0 amide bonds. The van der Waals surface area contributed by atoms with Gasteiger partial charge in [0.05, 0.1) is 0 Å². The van der Waals surface area contributed by atoms with E-state index in [9.17, 15) is 5.11 Å². The van der Waals surface area contributed by atoms with Gasteiger partial charge in [0, 0.05) is 10.8 Å². The van der Waals surface area contributed by atoms with Crippen LogP contribution < -0.4 is 5.73 Å². The van der Waals surface area contributed by atoms with Crippen molar-refractivity contribution in [1.29, 1.82) is 0 Å². The van der Waals surface area contributed by atoms with Gasteiger partial charge in [-0.3, -0.25) is 0 Å². The normalized spacial score (nSPS) is 11.4. The Morgan fingerprint density at radius 3 is 2.00 bits per heavy atom. The fourth-order valence-corrected chi connectivity index (χ4v) is 2.35. The lowest BCUT2D eigenvalue weighted by molar-refractivity contribution is 0.483. The second kappa shape index (κ2) is 4.86. The highest BCUT2D eigenvalue weighted by molar-refractivity contribution is 7.80. The summed E-state index contributed by atoms with van der Waals surface area (Å²) < 4.78 is 0. The highest BCUT2D eigenvalue weighted by Gasteiger charge is 2.12. The maximum absolute atomic E-state index is 10.4. The Kier molecular flexibility index (Phi) is 3.04. The zero-order chi connectivity index (χ0) is 14.1. The van der Waals surface area contributed by atoms with Gasteiger partial charge in [-0.1, -0.05) is 48.5 Å². The summed E-state index contributed by atoms with van der Waals surface area (Å²) in [6.07, 6.45) is 0. The van der Waals surface area contributed by atoms with Crippen molar-refractivity contribution < 1.29 is 5.11 Å². The van der Waals surface area contributed by atoms with Gasteiger partial charge in [0.15, 0.2) is 5.75 Å². The molecule has 3 N–H and O–H groups in total. The zero-order valence-corrected chi connectivity index (χ0v) is 11.3. The molecule has 0 fully saturated rings. The highest BCUT2D eigenvalue weighted by Crippen LogP contribution is 2.42. The number of aromatic hydroxyl groups is 1. The van der Waals surface area contributed by atoms with Crippen LogP contribution >= 0.6 is 12.2 Å². The van der Waals surface area contributed by atoms with E-state index in [-0.39, 0.29) is 10.9 Å². The SMILES string of the molecule is NC(=S)N=Nc1c(O)c2ccccc2c2ccccc12. The van der Waals surface area contributed by atoms with Gasteiger partial charge >= 0.3 is 0 Å². The summed E-state index contributed by atoms with van der Waals surface area (Å²) in [7, 11) is 0. The lowest BCUT2D eigenvalue weighted by atomic mass is 9.99. The molecule has 3 aromatic carbocycles. The molecule has 0 unspecified atom stereocenters. The van der Waals surface area contributed by atoms with Gasteiger partial charge in [-0.15, -0.1) is 10.2 Å². The van der Waals surface area contributed by atoms with Crippen LogP contribution in [0.15, 0.2) is 58.8 Å². The quantitative estimate of drug-likeness (QED) is 0.402. The number of hydrogen-bond acceptors (Lipinski definition) is 3. The minimum atomic E-state index is -0.0679. The van der Waals surface area contributed by atoms with E-state index in [1.54, 1.807) is 0 Å². The number of nitrogens with zero attached hydrogens (tertiary/aromatic N) is 2. The van der Waals surface area contributed by atoms with E-state index in [4.69, 9.17) is 18.0 Å². The van der Waals surface area contributed by atoms with Crippen LogP contribution in [0.25, 0.3) is 21.5 Å². The lowest BCUT2D eigenvalue weighted by Gasteiger charge is -2.09. The van der Waals surface area contributed by atoms with E-state index in [0.29, 0.717) is 5.69 Å². The first-order valence-corrected chi connectivity index (χ1v) is 6.43. The molecule has 0 saturated carbocycles. The molecule has 3 aromatic rings. The van der Waals surface area contributed by atoms with E-state index in [1.807, 2.05) is 48.5 Å². The predicted molar refractivity (Wildman–Crippen MR) is 84.4 cm³/mol. The van der Waals surface area contributed by atoms with Crippen molar-refractivity contribution in [3.05, 3.63) is 48.5 Å². The zero-order valence-electron chi connectivity index (χ0n) is 10.4. The number of nitrogens with two attached hydrogens (primary N) is 1. The number of phenols is 1. The Balaban J connectivity index is 2.47. The largest absolute Gasteiger partial charge is 0.505 e. The van der Waals surface area contributed by atoms with Gasteiger partial charge in [-0.25, -0.2) is 0 Å². The van der Waals surface area contributed by atoms with Crippen molar-refractivity contribution in [3.8, 4) is 5.75 Å². The van der Waals surface area contributed by atoms with Gasteiger partial charge in [0.1, 0.15) is 5.69 Å². The van der Waals surface area contributed by atoms with Crippen molar-refractivity contribution in [2.75, 3.05) is 0 Å². The molecule has 98 valence electrons. The maximum Gasteiger partial charge on any atom is 0.211 e. The third-order valence-electron chi connectivity index (χ3n) is 3.13. The summed E-state index contributed by atoms with van der Waals surface area (Å²) in [5, 5.41) is 21.5. The second-order valence-electron chi connectivity index (χ2n) is 4.33. The molecule has 0 aliphatic carbocycles. The van der Waals surface area contributed by atoms with Crippen molar-refractivity contribution in [1.82, 2.24) is 0 Å². The number of hydrogen-bond donors (Lipinski definition) is 2. The molecule has 0 saturated heterocycles. The van der Waals surface area contributed by atoms with E-state index in [1.165, 1.54) is 0 Å². The van der Waals surface area contributed by atoms with E-state index in [0.717, 1.165) is 21.5 Å². The van der Waals surface area contributed by atoms with Crippen molar-refractivity contribution >= 4 is 44.6 Å². The first kappa shape index (κ1) is 12.5. The van der Waals surface area contributed by atoms with Crippen molar-refractivity contribution in [2.24, 2.45) is 16.0 Å². The van der Waals surface area contributed by atoms with Crippen LogP contribution in [-0.2, 0) is 0 Å². The predicted octanol–water partition coefficient (Wildman–Crippen LogP) is 4.03. The average Bonchev–Trinajstić information content (AvgIpc) is 2.47. The van der Waals surface area contributed by atoms with Crippen LogP contribution in [-0.4, -0.2) is 10.2 Å². The van der Waals surface area contributed by atoms with Crippen LogP contribution in [0.3, 0.4) is 0 Å². The molecule has 0 bridgehead atoms. The molecule has 20 heavy (non-hydrogen) atoms. The number of phenolic OH excluding ortho intramolecular Hbond substituents is 1. The fraction of sp³-hybridized carbons (Fsp3) is 0. The second-order valence-corrected chi connectivity index (χ2v) is 4.74. The molecule has 0 aliphatic rings. The Bertz CT molecular complexity index is 858. The third-order valence-corrected chi connectivity index (χ3v) is 3.21. The first-order valence-electron chi connectivity index (χ1n) is 6.02. The highest BCUT2D eigenvalue weighted by atomic mass is 32.1. The summed E-state index contributed by atoms with van der Waals surface area (Å²) in [5.74, 6) is 0.0827. The number of thiocarbonyl (C=S) groups is 1. The molecule has 0 atom stereocenters. The minimum Gasteiger partial charge on any atom is -0.505 e. The van der Waals surface area contributed by atoms with Crippen LogP contribution in [0, 0.1) is 0 Å². The minimum absolute atomic E-state index is 0.0679. The molecule has 3 rings (SSSR count). The van der Waals surface area contributed by atoms with Gasteiger partial charge in [-0.2, -0.15) is 0 Å². The van der Waals surface area contributed by atoms with Gasteiger partial charge in [-0.05, 0) is 23.0 Å². The van der Waals surface area contributed by atoms with Crippen molar-refractivity contribution in [2.45, 2.75) is 0 Å². The molecule has 5 heteroatoms. The third kappa shape index (κ3) is 1.98. The van der Waals surface area contributed by atoms with Gasteiger partial charge in [0.25, 0.3) is 0 Å². The van der Waals surface area contributed by atoms with E-state index in [2.05, 4.69) is 10.2 Å². The van der Waals surface area contributed by atoms with Crippen molar-refractivity contribution in [3.63, 3.8) is 0 Å². The summed E-state index contributed by atoms with van der Waals surface area (Å²) in [6.45, 7) is 0. The molecule has 0 aliphatic heterocycles. The molecule has 0 radical (unpaired) electrons. The number of fused-ring (bicyclic) bond motifs is 3. The van der Waals surface area contributed by atoms with Gasteiger partial charge < -0.3 is 10.8 Å². The molecule has 4 nitrogen and oxygen atoms in total. The summed E-state index contributed by atoms with van der Waals surface area (Å²) in [6, 6.07) is 15.3. The lowest BCUT2D eigenvalue weighted by Crippen LogP contribution is -2.01. The first-order chi connectivity index (χ1) is 9.68. The smallest absolute Gasteiger partial charge is 0.211 e. The monoisotopic (exact) mass is 281 g/mol. The molecular weight excluding hydrogens is 270 g/mol. The molecule has 0 aromatic heterocycles. The van der Waals surface area contributed by atoms with E-state index < -0.39 is 0 Å². The molecule has 0 heterocycles. The Hall–Kier alpha value is -2.53.